The largest absolute Gasteiger partial charge is 0.494 e. The van der Waals surface area contributed by atoms with E-state index in [-0.39, 0.29) is 36.5 Å². The highest BCUT2D eigenvalue weighted by atomic mass is 16.3. The number of anilines is 3. The maximum absolute atomic E-state index is 12.9. The predicted molar refractivity (Wildman–Crippen MR) is 149 cm³/mol. The third kappa shape index (κ3) is 5.69. The molecule has 10 nitrogen and oxygen atoms in total. The van der Waals surface area contributed by atoms with Crippen molar-refractivity contribution in [1.82, 2.24) is 9.88 Å². The van der Waals surface area contributed by atoms with E-state index in [1.54, 1.807) is 24.3 Å². The number of carbonyl (C=O) groups excluding carboxylic acids is 2. The lowest BCUT2D eigenvalue weighted by Gasteiger charge is -2.38. The maximum Gasteiger partial charge on any atom is 0.291 e. The highest BCUT2D eigenvalue weighted by molar-refractivity contribution is 6.05. The third-order valence-corrected chi connectivity index (χ3v) is 6.88. The molecule has 3 heterocycles. The molecule has 1 aliphatic rings. The number of para-hydroxylation sites is 1. The van der Waals surface area contributed by atoms with Crippen molar-refractivity contribution in [2.24, 2.45) is 0 Å². The Morgan fingerprint density at radius 3 is 2.21 bits per heavy atom. The van der Waals surface area contributed by atoms with Crippen molar-refractivity contribution in [3.05, 3.63) is 89.9 Å². The van der Waals surface area contributed by atoms with Crippen LogP contribution in [-0.2, 0) is 6.54 Å². The molecular weight excluding hydrogens is 498 g/mol. The van der Waals surface area contributed by atoms with E-state index in [9.17, 15) is 19.8 Å². The molecule has 5 rings (SSSR count). The Balaban J connectivity index is 1.32. The van der Waals surface area contributed by atoms with Gasteiger partial charge in [-0.15, -0.1) is 0 Å². The summed E-state index contributed by atoms with van der Waals surface area (Å²) in [5, 5.41) is 25.3. The standard InChI is InChI=1S/C29H31N5O5/c1-20-5-2-3-6-23(20)32-14-16-33(17-15-32)24-9-8-21(19-22(24)31-29(38)25-7-4-18-39-25)28(37)30-12-13-34-26(35)10-11-27(34)36/h2-11,18-19,35-36H,12-17H2,1H3,(H,30,37)(H,31,38). The molecule has 0 aliphatic carbocycles. The first-order chi connectivity index (χ1) is 18.9. The molecule has 0 atom stereocenters. The number of rotatable bonds is 8. The monoisotopic (exact) mass is 529 g/mol. The summed E-state index contributed by atoms with van der Waals surface area (Å²) in [4.78, 5) is 30.3. The SMILES string of the molecule is Cc1ccccc1N1CCN(c2ccc(C(=O)NCCn3c(O)ccc3O)cc2NC(=O)c2ccco2)CC1. The Bertz CT molecular complexity index is 1440. The van der Waals surface area contributed by atoms with Crippen molar-refractivity contribution in [3.8, 4) is 11.8 Å². The first-order valence-corrected chi connectivity index (χ1v) is 12.8. The Labute approximate surface area is 226 Å². The molecule has 0 unspecified atom stereocenters. The summed E-state index contributed by atoms with van der Waals surface area (Å²) in [7, 11) is 0. The molecule has 2 aromatic heterocycles. The number of furan rings is 1. The number of nitrogens with zero attached hydrogens (tertiary/aromatic N) is 3. The number of amides is 2. The number of hydrogen-bond donors (Lipinski definition) is 4. The minimum atomic E-state index is -0.407. The lowest BCUT2D eigenvalue weighted by Crippen LogP contribution is -2.47. The molecule has 10 heteroatoms. The second-order valence-corrected chi connectivity index (χ2v) is 9.38. The molecule has 4 N–H and O–H groups in total. The van der Waals surface area contributed by atoms with Crippen LogP contribution in [0.3, 0.4) is 0 Å². The average Bonchev–Trinajstić information content (AvgIpc) is 3.60. The molecule has 2 amide bonds. The second kappa shape index (κ2) is 11.3. The van der Waals surface area contributed by atoms with Crippen LogP contribution < -0.4 is 20.4 Å². The fourth-order valence-electron chi connectivity index (χ4n) is 4.81. The number of piperazine rings is 1. The number of aromatic nitrogens is 1. The van der Waals surface area contributed by atoms with Crippen molar-refractivity contribution >= 4 is 28.9 Å². The average molecular weight is 530 g/mol. The van der Waals surface area contributed by atoms with E-state index in [1.807, 2.05) is 18.2 Å². The molecule has 0 saturated carbocycles. The van der Waals surface area contributed by atoms with Crippen LogP contribution in [0.4, 0.5) is 17.1 Å². The molecule has 39 heavy (non-hydrogen) atoms. The molecule has 1 saturated heterocycles. The van der Waals surface area contributed by atoms with Crippen molar-refractivity contribution in [2.45, 2.75) is 13.5 Å². The van der Waals surface area contributed by atoms with Gasteiger partial charge in [0.2, 0.25) is 0 Å². The van der Waals surface area contributed by atoms with Gasteiger partial charge in [0, 0.05) is 62.7 Å². The van der Waals surface area contributed by atoms with Gasteiger partial charge in [0.1, 0.15) is 0 Å². The normalized spacial score (nSPS) is 13.4. The maximum atomic E-state index is 12.9. The van der Waals surface area contributed by atoms with Gasteiger partial charge in [-0.25, -0.2) is 0 Å². The zero-order valence-electron chi connectivity index (χ0n) is 21.6. The van der Waals surface area contributed by atoms with Gasteiger partial charge in [-0.05, 0) is 48.9 Å². The van der Waals surface area contributed by atoms with Crippen molar-refractivity contribution in [2.75, 3.05) is 47.8 Å². The summed E-state index contributed by atoms with van der Waals surface area (Å²) in [5.41, 5.74) is 4.15. The summed E-state index contributed by atoms with van der Waals surface area (Å²) in [6, 6.07) is 19.5. The summed E-state index contributed by atoms with van der Waals surface area (Å²) in [5.74, 6) is -0.749. The molecule has 0 radical (unpaired) electrons. The minimum Gasteiger partial charge on any atom is -0.494 e. The molecule has 202 valence electrons. The van der Waals surface area contributed by atoms with Gasteiger partial charge in [-0.2, -0.15) is 0 Å². The highest BCUT2D eigenvalue weighted by Crippen LogP contribution is 2.30. The Kier molecular flexibility index (Phi) is 7.44. The Morgan fingerprint density at radius 2 is 1.54 bits per heavy atom. The molecule has 2 aromatic carbocycles. The number of hydrogen-bond acceptors (Lipinski definition) is 7. The Morgan fingerprint density at radius 1 is 0.846 bits per heavy atom. The zero-order chi connectivity index (χ0) is 27.4. The minimum absolute atomic E-state index is 0.0865. The van der Waals surface area contributed by atoms with Crippen molar-refractivity contribution in [3.63, 3.8) is 0 Å². The fourth-order valence-corrected chi connectivity index (χ4v) is 4.81. The summed E-state index contributed by atoms with van der Waals surface area (Å²) in [6.07, 6.45) is 1.44. The summed E-state index contributed by atoms with van der Waals surface area (Å²) < 4.78 is 6.54. The number of benzene rings is 2. The van der Waals surface area contributed by atoms with Crippen LogP contribution in [-0.4, -0.2) is 59.3 Å². The molecule has 1 fully saturated rings. The first-order valence-electron chi connectivity index (χ1n) is 12.8. The number of aromatic hydroxyl groups is 2. The zero-order valence-corrected chi connectivity index (χ0v) is 21.6. The van der Waals surface area contributed by atoms with Crippen molar-refractivity contribution in [1.29, 1.82) is 0 Å². The first kappa shape index (κ1) is 25.8. The lowest BCUT2D eigenvalue weighted by atomic mass is 10.1. The van der Waals surface area contributed by atoms with Gasteiger partial charge in [-0.1, -0.05) is 18.2 Å². The predicted octanol–water partition coefficient (Wildman–Crippen LogP) is 3.81. The van der Waals surface area contributed by atoms with Crippen LogP contribution in [0.1, 0.15) is 26.5 Å². The molecular formula is C29H31N5O5. The van der Waals surface area contributed by atoms with E-state index in [0.29, 0.717) is 11.3 Å². The van der Waals surface area contributed by atoms with Gasteiger partial charge in [-0.3, -0.25) is 14.2 Å². The van der Waals surface area contributed by atoms with Crippen LogP contribution in [0.2, 0.25) is 0 Å². The van der Waals surface area contributed by atoms with Gasteiger partial charge in [0.25, 0.3) is 11.8 Å². The van der Waals surface area contributed by atoms with Gasteiger partial charge < -0.3 is 35.1 Å². The molecule has 1 aliphatic heterocycles. The number of nitrogens with one attached hydrogen (secondary N) is 2. The van der Waals surface area contributed by atoms with E-state index in [2.05, 4.69) is 39.5 Å². The second-order valence-electron chi connectivity index (χ2n) is 9.38. The quantitative estimate of drug-likeness (QED) is 0.274. The van der Waals surface area contributed by atoms with Gasteiger partial charge in [0.05, 0.1) is 17.6 Å². The van der Waals surface area contributed by atoms with E-state index in [4.69, 9.17) is 4.42 Å². The highest BCUT2D eigenvalue weighted by Gasteiger charge is 2.23. The van der Waals surface area contributed by atoms with Crippen LogP contribution in [0.25, 0.3) is 0 Å². The lowest BCUT2D eigenvalue weighted by molar-refractivity contribution is 0.0949. The van der Waals surface area contributed by atoms with Gasteiger partial charge in [0.15, 0.2) is 17.5 Å². The summed E-state index contributed by atoms with van der Waals surface area (Å²) in [6.45, 7) is 5.61. The van der Waals surface area contributed by atoms with E-state index in [1.165, 1.54) is 34.2 Å². The number of aryl methyl sites for hydroxylation is 1. The molecule has 0 bridgehead atoms. The molecule has 4 aromatic rings. The van der Waals surface area contributed by atoms with Crippen LogP contribution in [0, 0.1) is 6.92 Å². The van der Waals surface area contributed by atoms with Crippen LogP contribution >= 0.6 is 0 Å². The molecule has 0 spiro atoms. The van der Waals surface area contributed by atoms with E-state index in [0.717, 1.165) is 31.9 Å². The smallest absolute Gasteiger partial charge is 0.291 e. The van der Waals surface area contributed by atoms with E-state index < -0.39 is 5.91 Å². The van der Waals surface area contributed by atoms with Crippen molar-refractivity contribution < 1.29 is 24.2 Å². The van der Waals surface area contributed by atoms with E-state index >= 15 is 0 Å². The fraction of sp³-hybridized carbons (Fsp3) is 0.241. The Hall–Kier alpha value is -4.86. The van der Waals surface area contributed by atoms with Gasteiger partial charge >= 0.3 is 0 Å². The topological polar surface area (TPSA) is 123 Å². The van der Waals surface area contributed by atoms with Crippen LogP contribution in [0.15, 0.2) is 77.4 Å². The summed E-state index contributed by atoms with van der Waals surface area (Å²) >= 11 is 0. The van der Waals surface area contributed by atoms with Crippen LogP contribution in [0.5, 0.6) is 11.8 Å². The third-order valence-electron chi connectivity index (χ3n) is 6.88. The number of carbonyl (C=O) groups is 2.